The van der Waals surface area contributed by atoms with Crippen LogP contribution in [0.3, 0.4) is 0 Å². The Morgan fingerprint density at radius 2 is 2.00 bits per heavy atom. The topological polar surface area (TPSA) is 98.0 Å². The maximum atomic E-state index is 9.87. The van der Waals surface area contributed by atoms with Crippen LogP contribution in [0.5, 0.6) is 0 Å². The van der Waals surface area contributed by atoms with Crippen LogP contribution in [0.1, 0.15) is 0 Å². The molecule has 0 spiro atoms. The van der Waals surface area contributed by atoms with Gasteiger partial charge >= 0.3 is 5.97 Å². The lowest BCUT2D eigenvalue weighted by molar-refractivity contribution is -0.131. The van der Waals surface area contributed by atoms with Gasteiger partial charge in [-0.15, -0.1) is 0 Å². The van der Waals surface area contributed by atoms with Crippen LogP contribution in [-0.2, 0) is 4.79 Å². The smallest absolute Gasteiger partial charge is 0.328 e. The molecule has 0 saturated carbocycles. The Morgan fingerprint density at radius 1 is 1.45 bits per heavy atom. The fraction of sp³-hybridized carbons (Fsp3) is 0.500. The number of aliphatic carboxylic acids is 1. The summed E-state index contributed by atoms with van der Waals surface area (Å²) in [5.41, 5.74) is 0. The van der Waals surface area contributed by atoms with E-state index in [9.17, 15) is 4.79 Å². The Balaban J connectivity index is 3.85. The van der Waals surface area contributed by atoms with Crippen molar-refractivity contribution >= 4 is 5.97 Å². The van der Waals surface area contributed by atoms with Gasteiger partial charge in [-0.2, -0.15) is 0 Å². The molecule has 64 valence electrons. The quantitative estimate of drug-likeness (QED) is 0.371. The molecule has 2 atom stereocenters. The van der Waals surface area contributed by atoms with Gasteiger partial charge in [-0.1, -0.05) is 0 Å². The highest BCUT2D eigenvalue weighted by molar-refractivity contribution is 5.79. The van der Waals surface area contributed by atoms with Crippen molar-refractivity contribution in [1.82, 2.24) is 0 Å². The first-order valence-electron chi connectivity index (χ1n) is 2.96. The second kappa shape index (κ2) is 4.84. The molecular weight excluding hydrogens is 152 g/mol. The molecule has 0 heterocycles. The molecule has 0 amide bonds. The molecule has 0 aromatic carbocycles. The minimum absolute atomic E-state index is 0.606. The highest BCUT2D eigenvalue weighted by Gasteiger charge is 2.11. The number of hydrogen-bond donors (Lipinski definition) is 4. The molecule has 0 bridgehead atoms. The number of rotatable bonds is 4. The van der Waals surface area contributed by atoms with E-state index in [1.54, 1.807) is 0 Å². The lowest BCUT2D eigenvalue weighted by Gasteiger charge is -2.09. The van der Waals surface area contributed by atoms with E-state index >= 15 is 0 Å². The monoisotopic (exact) mass is 162 g/mol. The molecule has 0 aliphatic rings. The maximum absolute atomic E-state index is 9.87. The molecule has 0 aromatic rings. The predicted molar refractivity (Wildman–Crippen MR) is 35.9 cm³/mol. The van der Waals surface area contributed by atoms with E-state index in [4.69, 9.17) is 20.4 Å². The van der Waals surface area contributed by atoms with Crippen LogP contribution in [0.2, 0.25) is 0 Å². The zero-order valence-corrected chi connectivity index (χ0v) is 5.71. The number of carbonyl (C=O) groups is 1. The molecule has 0 fully saturated rings. The number of carboxylic acids is 1. The Bertz CT molecular complexity index is 153. The normalized spacial score (nSPS) is 16.6. The first-order valence-corrected chi connectivity index (χ1v) is 2.96. The maximum Gasteiger partial charge on any atom is 0.328 e. The van der Waals surface area contributed by atoms with Crippen LogP contribution in [0.15, 0.2) is 12.2 Å². The molecule has 0 rings (SSSR count). The van der Waals surface area contributed by atoms with E-state index in [1.807, 2.05) is 0 Å². The lowest BCUT2D eigenvalue weighted by Crippen LogP contribution is -2.27. The van der Waals surface area contributed by atoms with E-state index in [1.165, 1.54) is 0 Å². The van der Waals surface area contributed by atoms with Crippen molar-refractivity contribution in [3.8, 4) is 0 Å². The SMILES string of the molecule is O=C(O)/C=C/C(O)C(O)CO. The minimum Gasteiger partial charge on any atom is -0.478 e. The molecule has 0 aliphatic carbocycles. The highest BCUT2D eigenvalue weighted by atomic mass is 16.4. The van der Waals surface area contributed by atoms with Crippen molar-refractivity contribution in [2.75, 3.05) is 6.61 Å². The first kappa shape index (κ1) is 10.1. The fourth-order valence-corrected chi connectivity index (χ4v) is 0.417. The van der Waals surface area contributed by atoms with Crippen LogP contribution in [0.4, 0.5) is 0 Å². The summed E-state index contributed by atoms with van der Waals surface area (Å²) in [6.07, 6.45) is -1.08. The third-order valence-corrected chi connectivity index (χ3v) is 1.02. The standard InChI is InChI=1S/C6H10O5/c7-3-5(9)4(8)1-2-6(10)11/h1-2,4-5,7-9H,3H2,(H,10,11)/b2-1+. The van der Waals surface area contributed by atoms with Crippen molar-refractivity contribution in [2.45, 2.75) is 12.2 Å². The molecule has 2 unspecified atom stereocenters. The summed E-state index contributed by atoms with van der Waals surface area (Å²) < 4.78 is 0. The van der Waals surface area contributed by atoms with Gasteiger partial charge in [0.25, 0.3) is 0 Å². The molecule has 0 aromatic heterocycles. The van der Waals surface area contributed by atoms with Crippen LogP contribution >= 0.6 is 0 Å². The molecule has 11 heavy (non-hydrogen) atoms. The number of carboxylic acid groups (broad SMARTS) is 1. The van der Waals surface area contributed by atoms with E-state index in [0.717, 1.165) is 6.08 Å². The van der Waals surface area contributed by atoms with Crippen molar-refractivity contribution in [2.24, 2.45) is 0 Å². The lowest BCUT2D eigenvalue weighted by atomic mass is 10.2. The van der Waals surface area contributed by atoms with Gasteiger partial charge in [-0.05, 0) is 6.08 Å². The largest absolute Gasteiger partial charge is 0.478 e. The molecule has 4 N–H and O–H groups in total. The summed E-state index contributed by atoms with van der Waals surface area (Å²) >= 11 is 0. The average Bonchev–Trinajstić information content (AvgIpc) is 1.98. The third-order valence-electron chi connectivity index (χ3n) is 1.02. The predicted octanol–water partition coefficient (Wildman–Crippen LogP) is -1.66. The van der Waals surface area contributed by atoms with Gasteiger partial charge in [0.15, 0.2) is 0 Å². The van der Waals surface area contributed by atoms with Crippen LogP contribution < -0.4 is 0 Å². The van der Waals surface area contributed by atoms with Gasteiger partial charge in [-0.25, -0.2) is 4.79 Å². The summed E-state index contributed by atoms with van der Waals surface area (Å²) in [5, 5.41) is 33.9. The fourth-order valence-electron chi connectivity index (χ4n) is 0.417. The Hall–Kier alpha value is -0.910. The van der Waals surface area contributed by atoms with Gasteiger partial charge in [0.05, 0.1) is 6.61 Å². The van der Waals surface area contributed by atoms with Crippen LogP contribution in [0.25, 0.3) is 0 Å². The molecule has 0 saturated heterocycles. The number of aliphatic hydroxyl groups is 3. The van der Waals surface area contributed by atoms with Crippen LogP contribution in [-0.4, -0.2) is 45.2 Å². The minimum atomic E-state index is -1.34. The summed E-state index contributed by atoms with van der Waals surface area (Å²) in [4.78, 5) is 9.87. The second-order valence-electron chi connectivity index (χ2n) is 1.94. The van der Waals surface area contributed by atoms with Gasteiger partial charge in [0.1, 0.15) is 12.2 Å². The molecular formula is C6H10O5. The third kappa shape index (κ3) is 4.49. The molecule has 0 radical (unpaired) electrons. The molecule has 0 aliphatic heterocycles. The zero-order valence-electron chi connectivity index (χ0n) is 5.71. The number of hydrogen-bond acceptors (Lipinski definition) is 4. The van der Waals surface area contributed by atoms with Crippen molar-refractivity contribution in [3.63, 3.8) is 0 Å². The Kier molecular flexibility index (Phi) is 4.44. The Morgan fingerprint density at radius 3 is 2.36 bits per heavy atom. The molecule has 5 heteroatoms. The van der Waals surface area contributed by atoms with Gasteiger partial charge in [0.2, 0.25) is 0 Å². The van der Waals surface area contributed by atoms with Crippen molar-refractivity contribution in [1.29, 1.82) is 0 Å². The van der Waals surface area contributed by atoms with E-state index in [0.29, 0.717) is 6.08 Å². The van der Waals surface area contributed by atoms with Gasteiger partial charge in [0, 0.05) is 6.08 Å². The van der Waals surface area contributed by atoms with Crippen molar-refractivity contribution < 1.29 is 25.2 Å². The van der Waals surface area contributed by atoms with E-state index in [2.05, 4.69) is 0 Å². The van der Waals surface area contributed by atoms with E-state index < -0.39 is 24.8 Å². The Labute approximate surface area is 63.2 Å². The molecule has 5 nitrogen and oxygen atoms in total. The summed E-state index contributed by atoms with van der Waals surface area (Å²) in [7, 11) is 0. The summed E-state index contributed by atoms with van der Waals surface area (Å²) in [6.45, 7) is -0.606. The van der Waals surface area contributed by atoms with Crippen LogP contribution in [0, 0.1) is 0 Å². The highest BCUT2D eigenvalue weighted by Crippen LogP contribution is 1.93. The van der Waals surface area contributed by atoms with Gasteiger partial charge in [-0.3, -0.25) is 0 Å². The second-order valence-corrected chi connectivity index (χ2v) is 1.94. The first-order chi connectivity index (χ1) is 5.07. The summed E-state index contributed by atoms with van der Waals surface area (Å²) in [5.74, 6) is -1.21. The van der Waals surface area contributed by atoms with Gasteiger partial charge < -0.3 is 20.4 Å². The summed E-state index contributed by atoms with van der Waals surface area (Å²) in [6, 6.07) is 0. The number of aliphatic hydroxyl groups excluding tert-OH is 3. The van der Waals surface area contributed by atoms with E-state index in [-0.39, 0.29) is 0 Å². The van der Waals surface area contributed by atoms with Crippen molar-refractivity contribution in [3.05, 3.63) is 12.2 Å². The average molecular weight is 162 g/mol. The zero-order chi connectivity index (χ0) is 8.85.